The number of hydrogen-bond acceptors (Lipinski definition) is 2. The van der Waals surface area contributed by atoms with Crippen LogP contribution in [0.3, 0.4) is 0 Å². The lowest BCUT2D eigenvalue weighted by molar-refractivity contribution is 0.346. The highest BCUT2D eigenvalue weighted by molar-refractivity contribution is 5.92. The summed E-state index contributed by atoms with van der Waals surface area (Å²) >= 11 is 0. The maximum absolute atomic E-state index is 4.76. The molecule has 25 heavy (non-hydrogen) atoms. The number of aromatic nitrogens is 2. The molecule has 0 spiro atoms. The first-order valence-corrected chi connectivity index (χ1v) is 9.30. The van der Waals surface area contributed by atoms with E-state index in [9.17, 15) is 0 Å². The van der Waals surface area contributed by atoms with Crippen LogP contribution >= 0.6 is 0 Å². The van der Waals surface area contributed by atoms with Crippen LogP contribution in [-0.4, -0.2) is 15.8 Å². The van der Waals surface area contributed by atoms with Crippen molar-refractivity contribution >= 4 is 22.8 Å². The molecule has 1 aliphatic carbocycles. The van der Waals surface area contributed by atoms with Crippen molar-refractivity contribution in [2.75, 3.05) is 0 Å². The lowest BCUT2D eigenvalue weighted by Gasteiger charge is -2.26. The number of aryl methyl sites for hydroxylation is 1. The molecule has 0 saturated heterocycles. The first-order valence-electron chi connectivity index (χ1n) is 9.30. The van der Waals surface area contributed by atoms with Crippen molar-refractivity contribution < 1.29 is 0 Å². The molecule has 4 rings (SSSR count). The summed E-state index contributed by atoms with van der Waals surface area (Å²) in [5.41, 5.74) is 5.79. The summed E-state index contributed by atoms with van der Waals surface area (Å²) in [4.78, 5) is 9.26. The minimum Gasteiger partial charge on any atom is -0.345 e. The van der Waals surface area contributed by atoms with Crippen molar-refractivity contribution in [3.05, 3.63) is 59.5 Å². The molecule has 3 nitrogen and oxygen atoms in total. The Morgan fingerprint density at radius 2 is 1.88 bits per heavy atom. The van der Waals surface area contributed by atoms with Gasteiger partial charge in [0.15, 0.2) is 0 Å². The number of pyridine rings is 1. The highest BCUT2D eigenvalue weighted by Gasteiger charge is 2.19. The third-order valence-electron chi connectivity index (χ3n) is 5.42. The second-order valence-electron chi connectivity index (χ2n) is 7.10. The Morgan fingerprint density at radius 1 is 1.08 bits per heavy atom. The van der Waals surface area contributed by atoms with E-state index in [1.807, 2.05) is 30.6 Å². The van der Waals surface area contributed by atoms with Crippen LogP contribution in [0.25, 0.3) is 10.9 Å². The summed E-state index contributed by atoms with van der Waals surface area (Å²) in [5, 5.41) is 1.13. The average Bonchev–Trinajstić information content (AvgIpc) is 2.94. The van der Waals surface area contributed by atoms with Crippen LogP contribution in [0.5, 0.6) is 0 Å². The molecule has 2 aromatic heterocycles. The molecule has 2 heterocycles. The number of rotatable bonds is 3. The maximum atomic E-state index is 4.76. The Balaban J connectivity index is 1.67. The lowest BCUT2D eigenvalue weighted by atomic mass is 9.95. The van der Waals surface area contributed by atoms with Gasteiger partial charge in [0.25, 0.3) is 0 Å². The van der Waals surface area contributed by atoms with Gasteiger partial charge >= 0.3 is 0 Å². The first kappa shape index (κ1) is 16.1. The summed E-state index contributed by atoms with van der Waals surface area (Å²) in [6.45, 7) is 4.45. The quantitative estimate of drug-likeness (QED) is 0.549. The second-order valence-corrected chi connectivity index (χ2v) is 7.10. The standard InChI is InChI=1S/C22H25N3/c1-16-14-19(17(2)25(16)20-10-4-3-5-11-20)15-24-21-12-6-8-18-9-7-13-23-22(18)21/h6-9,12-15,20H,3-5,10-11H2,1-2H3. The van der Waals surface area contributed by atoms with Gasteiger partial charge in [-0.05, 0) is 44.9 Å². The van der Waals surface area contributed by atoms with Gasteiger partial charge in [0, 0.05) is 40.8 Å². The second kappa shape index (κ2) is 6.83. The zero-order valence-electron chi connectivity index (χ0n) is 15.1. The highest BCUT2D eigenvalue weighted by atomic mass is 15.0. The van der Waals surface area contributed by atoms with E-state index in [1.165, 1.54) is 49.1 Å². The molecule has 0 radical (unpaired) electrons. The average molecular weight is 331 g/mol. The molecule has 0 bridgehead atoms. The van der Waals surface area contributed by atoms with Crippen molar-refractivity contribution in [1.82, 2.24) is 9.55 Å². The zero-order chi connectivity index (χ0) is 17.2. The van der Waals surface area contributed by atoms with E-state index in [4.69, 9.17) is 4.99 Å². The Hall–Kier alpha value is -2.42. The predicted octanol–water partition coefficient (Wildman–Crippen LogP) is 5.91. The number of fused-ring (bicyclic) bond motifs is 1. The summed E-state index contributed by atoms with van der Waals surface area (Å²) < 4.78 is 2.53. The Kier molecular flexibility index (Phi) is 4.39. The molecular formula is C22H25N3. The molecule has 0 unspecified atom stereocenters. The molecule has 3 heteroatoms. The fourth-order valence-electron chi connectivity index (χ4n) is 4.17. The predicted molar refractivity (Wildman–Crippen MR) is 105 cm³/mol. The Labute approximate surface area is 149 Å². The fraction of sp³-hybridized carbons (Fsp3) is 0.364. The van der Waals surface area contributed by atoms with Crippen LogP contribution in [0.2, 0.25) is 0 Å². The van der Waals surface area contributed by atoms with Gasteiger partial charge in [-0.3, -0.25) is 9.98 Å². The Bertz CT molecular complexity index is 909. The molecule has 1 aliphatic rings. The van der Waals surface area contributed by atoms with Crippen LogP contribution in [0.1, 0.15) is 55.1 Å². The number of aliphatic imine (C=N–C) groups is 1. The summed E-state index contributed by atoms with van der Waals surface area (Å²) in [6.07, 6.45) is 10.5. The maximum Gasteiger partial charge on any atom is 0.0958 e. The minimum absolute atomic E-state index is 0.662. The highest BCUT2D eigenvalue weighted by Crippen LogP contribution is 2.32. The third kappa shape index (κ3) is 3.11. The molecule has 0 aliphatic heterocycles. The van der Waals surface area contributed by atoms with Crippen molar-refractivity contribution in [1.29, 1.82) is 0 Å². The van der Waals surface area contributed by atoms with Crippen molar-refractivity contribution in [2.24, 2.45) is 4.99 Å². The molecule has 128 valence electrons. The van der Waals surface area contributed by atoms with E-state index in [2.05, 4.69) is 41.6 Å². The molecule has 3 aromatic rings. The largest absolute Gasteiger partial charge is 0.345 e. The summed E-state index contributed by atoms with van der Waals surface area (Å²) in [5.74, 6) is 0. The summed E-state index contributed by atoms with van der Waals surface area (Å²) in [6, 6.07) is 13.1. The van der Waals surface area contributed by atoms with Crippen LogP contribution in [0.4, 0.5) is 5.69 Å². The number of para-hydroxylation sites is 1. The number of hydrogen-bond donors (Lipinski definition) is 0. The monoisotopic (exact) mass is 331 g/mol. The molecule has 0 N–H and O–H groups in total. The van der Waals surface area contributed by atoms with Crippen molar-refractivity contribution in [3.8, 4) is 0 Å². The number of benzene rings is 1. The van der Waals surface area contributed by atoms with Crippen LogP contribution in [-0.2, 0) is 0 Å². The van der Waals surface area contributed by atoms with Gasteiger partial charge < -0.3 is 4.57 Å². The van der Waals surface area contributed by atoms with Gasteiger partial charge in [-0.2, -0.15) is 0 Å². The van der Waals surface area contributed by atoms with Gasteiger partial charge in [-0.15, -0.1) is 0 Å². The first-order chi connectivity index (χ1) is 12.2. The molecule has 0 atom stereocenters. The smallest absolute Gasteiger partial charge is 0.0958 e. The van der Waals surface area contributed by atoms with E-state index >= 15 is 0 Å². The van der Waals surface area contributed by atoms with Gasteiger partial charge in [-0.25, -0.2) is 0 Å². The third-order valence-corrected chi connectivity index (χ3v) is 5.42. The van der Waals surface area contributed by atoms with Gasteiger partial charge in [-0.1, -0.05) is 37.5 Å². The number of nitrogens with zero attached hydrogens (tertiary/aromatic N) is 3. The minimum atomic E-state index is 0.662. The van der Waals surface area contributed by atoms with Crippen LogP contribution in [0.15, 0.2) is 47.6 Å². The topological polar surface area (TPSA) is 30.2 Å². The molecule has 1 fully saturated rings. The normalized spacial score (nSPS) is 16.1. The van der Waals surface area contributed by atoms with E-state index in [-0.39, 0.29) is 0 Å². The van der Waals surface area contributed by atoms with E-state index in [1.54, 1.807) is 0 Å². The van der Waals surface area contributed by atoms with Crippen molar-refractivity contribution in [3.63, 3.8) is 0 Å². The van der Waals surface area contributed by atoms with Gasteiger partial charge in [0.1, 0.15) is 0 Å². The van der Waals surface area contributed by atoms with Gasteiger partial charge in [0.05, 0.1) is 11.2 Å². The van der Waals surface area contributed by atoms with E-state index in [0.29, 0.717) is 6.04 Å². The Morgan fingerprint density at radius 3 is 2.72 bits per heavy atom. The lowest BCUT2D eigenvalue weighted by Crippen LogP contribution is -2.15. The van der Waals surface area contributed by atoms with E-state index in [0.717, 1.165) is 16.6 Å². The fourth-order valence-corrected chi connectivity index (χ4v) is 4.17. The zero-order valence-corrected chi connectivity index (χ0v) is 15.1. The SMILES string of the molecule is Cc1cc(C=Nc2cccc3cccnc23)c(C)n1C1CCCCC1. The van der Waals surface area contributed by atoms with Crippen LogP contribution in [0, 0.1) is 13.8 Å². The van der Waals surface area contributed by atoms with Gasteiger partial charge in [0.2, 0.25) is 0 Å². The van der Waals surface area contributed by atoms with Crippen LogP contribution < -0.4 is 0 Å². The molecule has 0 amide bonds. The molecule has 1 aromatic carbocycles. The summed E-state index contributed by atoms with van der Waals surface area (Å²) in [7, 11) is 0. The van der Waals surface area contributed by atoms with E-state index < -0.39 is 0 Å². The molecule has 1 saturated carbocycles. The van der Waals surface area contributed by atoms with Crippen molar-refractivity contribution in [2.45, 2.75) is 52.0 Å². The molecular weight excluding hydrogens is 306 g/mol.